The molecule has 0 bridgehead atoms. The number of unbranched alkanes of at least 4 members (excludes halogenated alkanes) is 5. The van der Waals surface area contributed by atoms with Crippen LogP contribution >= 0.6 is 0 Å². The van der Waals surface area contributed by atoms with Crippen LogP contribution in [-0.4, -0.2) is 0 Å². The van der Waals surface area contributed by atoms with Crippen molar-refractivity contribution in [1.82, 2.24) is 0 Å². The molecule has 0 aromatic heterocycles. The highest BCUT2D eigenvalue weighted by Crippen LogP contribution is 1.95. The van der Waals surface area contributed by atoms with E-state index in [0.717, 1.165) is 0 Å². The predicted molar refractivity (Wildman–Crippen MR) is 84.6 cm³/mol. The zero-order chi connectivity index (χ0) is 13.8. The molecule has 0 aliphatic carbocycles. The molecule has 104 valence electrons. The molecule has 0 nitrogen and oxygen atoms in total. The van der Waals surface area contributed by atoms with E-state index in [0.29, 0.717) is 0 Å². The van der Waals surface area contributed by atoms with Crippen LogP contribution in [0, 0.1) is 0 Å². The first-order valence-electron chi connectivity index (χ1n) is 7.48. The molecule has 0 saturated carbocycles. The molecule has 0 heterocycles. The molecule has 0 saturated heterocycles. The topological polar surface area (TPSA) is 0 Å². The van der Waals surface area contributed by atoms with E-state index in [1.807, 2.05) is 38.2 Å². The Bertz CT molecular complexity index is 115. The van der Waals surface area contributed by atoms with Gasteiger partial charge in [-0.25, -0.2) is 0 Å². The molecular formula is C17H36. The summed E-state index contributed by atoms with van der Waals surface area (Å²) in [6, 6.07) is 0. The van der Waals surface area contributed by atoms with E-state index in [2.05, 4.69) is 27.7 Å². The first-order chi connectivity index (χ1) is 8.24. The van der Waals surface area contributed by atoms with Crippen LogP contribution in [0.1, 0.15) is 86.5 Å². The quantitative estimate of drug-likeness (QED) is 0.349. The fraction of sp³-hybridized carbons (Fsp3) is 0.765. The summed E-state index contributed by atoms with van der Waals surface area (Å²) < 4.78 is 0. The van der Waals surface area contributed by atoms with Gasteiger partial charge in [-0.05, 0) is 13.8 Å². The molecule has 0 amide bonds. The molecule has 0 radical (unpaired) electrons. The van der Waals surface area contributed by atoms with Crippen molar-refractivity contribution in [3.8, 4) is 0 Å². The van der Waals surface area contributed by atoms with Gasteiger partial charge < -0.3 is 0 Å². The number of hydrogen-bond donors (Lipinski definition) is 0. The van der Waals surface area contributed by atoms with Gasteiger partial charge in [-0.3, -0.25) is 0 Å². The normalized spacial score (nSPS) is 9.76. The van der Waals surface area contributed by atoms with Crippen LogP contribution in [0.5, 0.6) is 0 Å². The van der Waals surface area contributed by atoms with E-state index in [-0.39, 0.29) is 0 Å². The van der Waals surface area contributed by atoms with Crippen molar-refractivity contribution in [2.45, 2.75) is 86.5 Å². The zero-order valence-corrected chi connectivity index (χ0v) is 13.3. The molecule has 0 atom stereocenters. The average molecular weight is 240 g/mol. The lowest BCUT2D eigenvalue weighted by Crippen LogP contribution is -1.66. The lowest BCUT2D eigenvalue weighted by atomic mass is 10.2. The molecule has 0 heteroatoms. The van der Waals surface area contributed by atoms with Crippen LogP contribution < -0.4 is 0 Å². The zero-order valence-electron chi connectivity index (χ0n) is 13.3. The molecule has 0 rings (SSSR count). The number of rotatable bonds is 6. The lowest BCUT2D eigenvalue weighted by molar-refractivity contribution is 0.702. The van der Waals surface area contributed by atoms with Crippen molar-refractivity contribution < 1.29 is 0 Å². The molecule has 0 fully saturated rings. The third-order valence-corrected chi connectivity index (χ3v) is 2.16. The fourth-order valence-corrected chi connectivity index (χ4v) is 1.08. The van der Waals surface area contributed by atoms with E-state index in [4.69, 9.17) is 0 Å². The van der Waals surface area contributed by atoms with Gasteiger partial charge in [0, 0.05) is 0 Å². The van der Waals surface area contributed by atoms with E-state index in [1.165, 1.54) is 44.9 Å². The maximum absolute atomic E-state index is 2.23. The summed E-state index contributed by atoms with van der Waals surface area (Å²) in [6.07, 6.45) is 17.6. The monoisotopic (exact) mass is 240 g/mol. The van der Waals surface area contributed by atoms with E-state index >= 15 is 0 Å². The van der Waals surface area contributed by atoms with Crippen molar-refractivity contribution in [2.24, 2.45) is 0 Å². The van der Waals surface area contributed by atoms with Gasteiger partial charge in [-0.15, -0.1) is 0 Å². The van der Waals surface area contributed by atoms with Crippen molar-refractivity contribution in [1.29, 1.82) is 0 Å². The van der Waals surface area contributed by atoms with Gasteiger partial charge in [-0.1, -0.05) is 96.9 Å². The summed E-state index contributed by atoms with van der Waals surface area (Å²) in [7, 11) is 0. The molecule has 0 aromatic rings. The van der Waals surface area contributed by atoms with Gasteiger partial charge in [0.2, 0.25) is 0 Å². The van der Waals surface area contributed by atoms with Gasteiger partial charge >= 0.3 is 0 Å². The number of allylic oxidation sites excluding steroid dienone is 4. The van der Waals surface area contributed by atoms with Gasteiger partial charge in [0.15, 0.2) is 0 Å². The van der Waals surface area contributed by atoms with Crippen LogP contribution in [0.25, 0.3) is 0 Å². The Morgan fingerprint density at radius 3 is 0.941 bits per heavy atom. The highest BCUT2D eigenvalue weighted by Gasteiger charge is 1.75. The third-order valence-electron chi connectivity index (χ3n) is 2.16. The standard InChI is InChI=1S/C6H14.C6H10.C5H12/c2*1-3-5-6-4-2;1-3-5-4-2/h3-6H2,1-2H3;3-6H,1-2H3;3-5H2,1-2H3/b;5-3-,6-4-;. The Hall–Kier alpha value is -0.520. The van der Waals surface area contributed by atoms with Crippen LogP contribution in [0.2, 0.25) is 0 Å². The molecule has 17 heavy (non-hydrogen) atoms. The summed E-state index contributed by atoms with van der Waals surface area (Å²) in [5.74, 6) is 0. The largest absolute Gasteiger partial charge is 0.0877 e. The first kappa shape index (κ1) is 21.7. The molecule has 0 aromatic carbocycles. The second-order valence-electron chi connectivity index (χ2n) is 4.11. The van der Waals surface area contributed by atoms with Crippen LogP contribution in [0.4, 0.5) is 0 Å². The minimum absolute atomic E-state index is 1.34. The van der Waals surface area contributed by atoms with Crippen LogP contribution in [-0.2, 0) is 0 Å². The minimum Gasteiger partial charge on any atom is -0.0877 e. The van der Waals surface area contributed by atoms with Gasteiger partial charge in [0.05, 0.1) is 0 Å². The van der Waals surface area contributed by atoms with Crippen molar-refractivity contribution in [3.63, 3.8) is 0 Å². The maximum Gasteiger partial charge on any atom is -0.0467 e. The Morgan fingerprint density at radius 2 is 0.824 bits per heavy atom. The van der Waals surface area contributed by atoms with E-state index in [1.54, 1.807) is 0 Å². The maximum atomic E-state index is 2.23. The lowest BCUT2D eigenvalue weighted by Gasteiger charge is -1.86. The van der Waals surface area contributed by atoms with Crippen molar-refractivity contribution >= 4 is 0 Å². The molecule has 0 unspecified atom stereocenters. The van der Waals surface area contributed by atoms with Gasteiger partial charge in [0.25, 0.3) is 0 Å². The number of hydrogen-bond acceptors (Lipinski definition) is 0. The molecular weight excluding hydrogens is 204 g/mol. The second kappa shape index (κ2) is 29.6. The van der Waals surface area contributed by atoms with Gasteiger partial charge in [0.1, 0.15) is 0 Å². The summed E-state index contributed by atoms with van der Waals surface area (Å²) >= 11 is 0. The summed E-state index contributed by atoms with van der Waals surface area (Å²) in [6.45, 7) is 12.9. The summed E-state index contributed by atoms with van der Waals surface area (Å²) in [4.78, 5) is 0. The Kier molecular flexibility index (Phi) is 37.8. The summed E-state index contributed by atoms with van der Waals surface area (Å²) in [5.41, 5.74) is 0. The average Bonchev–Trinajstić information content (AvgIpc) is 2.36. The second-order valence-corrected chi connectivity index (χ2v) is 4.11. The fourth-order valence-electron chi connectivity index (χ4n) is 1.08. The molecule has 0 N–H and O–H groups in total. The Balaban J connectivity index is -0.000000174. The van der Waals surface area contributed by atoms with Gasteiger partial charge in [-0.2, -0.15) is 0 Å². The highest BCUT2D eigenvalue weighted by molar-refractivity contribution is 4.98. The van der Waals surface area contributed by atoms with E-state index in [9.17, 15) is 0 Å². The SMILES string of the molecule is C/C=C\C=C/C.CCCCC.CCCCCC. The molecule has 0 aliphatic rings. The smallest absolute Gasteiger partial charge is 0.0467 e. The molecule has 0 spiro atoms. The van der Waals surface area contributed by atoms with Crippen molar-refractivity contribution in [3.05, 3.63) is 24.3 Å². The first-order valence-corrected chi connectivity index (χ1v) is 7.48. The van der Waals surface area contributed by atoms with E-state index < -0.39 is 0 Å². The Morgan fingerprint density at radius 1 is 0.529 bits per heavy atom. The minimum atomic E-state index is 1.34. The highest BCUT2D eigenvalue weighted by atomic mass is 13.8. The summed E-state index contributed by atoms with van der Waals surface area (Å²) in [5, 5.41) is 0. The predicted octanol–water partition coefficient (Wildman–Crippen LogP) is 6.92. The third kappa shape index (κ3) is 50.3. The van der Waals surface area contributed by atoms with Crippen LogP contribution in [0.3, 0.4) is 0 Å². The Labute approximate surface area is 111 Å². The van der Waals surface area contributed by atoms with Crippen molar-refractivity contribution in [2.75, 3.05) is 0 Å². The van der Waals surface area contributed by atoms with Crippen LogP contribution in [0.15, 0.2) is 24.3 Å². The molecule has 0 aliphatic heterocycles.